The van der Waals surface area contributed by atoms with Crippen LogP contribution in [-0.4, -0.2) is 24.0 Å². The summed E-state index contributed by atoms with van der Waals surface area (Å²) < 4.78 is 0. The Hall–Kier alpha value is -1.62. The SMILES string of the molecule is Cl.Cl.O=C(CCC1CCNCC1)NC(c1ccccc1)c1cccnc1. The number of nitrogens with one attached hydrogen (secondary N) is 2. The molecule has 4 nitrogen and oxygen atoms in total. The average molecular weight is 396 g/mol. The fourth-order valence-electron chi connectivity index (χ4n) is 3.29. The molecule has 1 aliphatic heterocycles. The number of hydrogen-bond acceptors (Lipinski definition) is 3. The van der Waals surface area contributed by atoms with Crippen molar-refractivity contribution in [2.75, 3.05) is 13.1 Å². The molecular weight excluding hydrogens is 369 g/mol. The van der Waals surface area contributed by atoms with E-state index in [4.69, 9.17) is 0 Å². The predicted octanol–water partition coefficient (Wildman–Crippen LogP) is 3.91. The van der Waals surface area contributed by atoms with Crippen molar-refractivity contribution in [1.82, 2.24) is 15.6 Å². The first-order valence-corrected chi connectivity index (χ1v) is 8.78. The lowest BCUT2D eigenvalue weighted by molar-refractivity contribution is -0.121. The molecular formula is C20H27Cl2N3O. The molecule has 6 heteroatoms. The van der Waals surface area contributed by atoms with Crippen LogP contribution in [0.4, 0.5) is 0 Å². The van der Waals surface area contributed by atoms with Gasteiger partial charge >= 0.3 is 0 Å². The number of nitrogens with zero attached hydrogens (tertiary/aromatic N) is 1. The maximum absolute atomic E-state index is 12.5. The third-order valence-corrected chi connectivity index (χ3v) is 4.69. The standard InChI is InChI=1S/C20H25N3O.2ClH/c24-19(9-8-16-10-13-21-14-11-16)23-20(17-5-2-1-3-6-17)18-7-4-12-22-15-18;;/h1-7,12,15-16,20-21H,8-11,13-14H2,(H,23,24);2*1H. The molecule has 142 valence electrons. The van der Waals surface area contributed by atoms with E-state index >= 15 is 0 Å². The van der Waals surface area contributed by atoms with Gasteiger partial charge in [0.25, 0.3) is 0 Å². The fourth-order valence-corrected chi connectivity index (χ4v) is 3.29. The largest absolute Gasteiger partial charge is 0.345 e. The molecule has 1 aromatic carbocycles. The molecule has 0 saturated carbocycles. The maximum atomic E-state index is 12.5. The number of carbonyl (C=O) groups excluding carboxylic acids is 1. The van der Waals surface area contributed by atoms with Gasteiger partial charge in [-0.25, -0.2) is 0 Å². The van der Waals surface area contributed by atoms with E-state index in [1.165, 1.54) is 12.8 Å². The first-order chi connectivity index (χ1) is 11.8. The predicted molar refractivity (Wildman–Crippen MR) is 110 cm³/mol. The summed E-state index contributed by atoms with van der Waals surface area (Å²) in [4.78, 5) is 16.7. The average Bonchev–Trinajstić information content (AvgIpc) is 2.67. The third-order valence-electron chi connectivity index (χ3n) is 4.69. The molecule has 1 amide bonds. The molecule has 0 spiro atoms. The van der Waals surface area contributed by atoms with Crippen LogP contribution < -0.4 is 10.6 Å². The van der Waals surface area contributed by atoms with Gasteiger partial charge in [0.2, 0.25) is 5.91 Å². The van der Waals surface area contributed by atoms with E-state index in [2.05, 4.69) is 15.6 Å². The monoisotopic (exact) mass is 395 g/mol. The molecule has 1 saturated heterocycles. The summed E-state index contributed by atoms with van der Waals surface area (Å²) in [6.07, 6.45) is 7.50. The molecule has 2 aromatic rings. The van der Waals surface area contributed by atoms with Crippen LogP contribution in [0.3, 0.4) is 0 Å². The topological polar surface area (TPSA) is 54.0 Å². The van der Waals surface area contributed by atoms with Gasteiger partial charge in [0.15, 0.2) is 0 Å². The third kappa shape index (κ3) is 6.60. The number of hydrogen-bond donors (Lipinski definition) is 2. The molecule has 0 aliphatic carbocycles. The Morgan fingerprint density at radius 2 is 1.77 bits per heavy atom. The molecule has 1 unspecified atom stereocenters. The molecule has 1 fully saturated rings. The van der Waals surface area contributed by atoms with Crippen LogP contribution in [0.5, 0.6) is 0 Å². The lowest BCUT2D eigenvalue weighted by Gasteiger charge is -2.23. The Kier molecular flexibility index (Phi) is 10.3. The lowest BCUT2D eigenvalue weighted by atomic mass is 9.93. The highest BCUT2D eigenvalue weighted by Crippen LogP contribution is 2.22. The van der Waals surface area contributed by atoms with Crippen LogP contribution >= 0.6 is 24.8 Å². The van der Waals surface area contributed by atoms with Gasteiger partial charge in [0.05, 0.1) is 6.04 Å². The second-order valence-corrected chi connectivity index (χ2v) is 6.43. The molecule has 1 atom stereocenters. The Bertz CT molecular complexity index is 595. The molecule has 1 aromatic heterocycles. The summed E-state index contributed by atoms with van der Waals surface area (Å²) in [7, 11) is 0. The van der Waals surface area contributed by atoms with Crippen molar-refractivity contribution in [2.24, 2.45) is 5.92 Å². The molecule has 1 aliphatic rings. The van der Waals surface area contributed by atoms with Crippen LogP contribution in [0, 0.1) is 5.92 Å². The van der Waals surface area contributed by atoms with E-state index in [1.807, 2.05) is 48.7 Å². The minimum atomic E-state index is -0.138. The molecule has 0 radical (unpaired) electrons. The summed E-state index contributed by atoms with van der Waals surface area (Å²) in [6, 6.07) is 13.9. The highest BCUT2D eigenvalue weighted by atomic mass is 35.5. The number of benzene rings is 1. The summed E-state index contributed by atoms with van der Waals surface area (Å²) in [5.41, 5.74) is 2.10. The minimum Gasteiger partial charge on any atom is -0.345 e. The van der Waals surface area contributed by atoms with Gasteiger partial charge in [0.1, 0.15) is 0 Å². The zero-order valence-corrected chi connectivity index (χ0v) is 16.4. The van der Waals surface area contributed by atoms with Crippen LogP contribution in [0.15, 0.2) is 54.9 Å². The van der Waals surface area contributed by atoms with Gasteiger partial charge in [-0.05, 0) is 55.5 Å². The van der Waals surface area contributed by atoms with Crippen molar-refractivity contribution in [3.05, 3.63) is 66.0 Å². The van der Waals surface area contributed by atoms with E-state index in [0.717, 1.165) is 30.6 Å². The number of amides is 1. The normalized spacial score (nSPS) is 15.2. The molecule has 2 N–H and O–H groups in total. The van der Waals surface area contributed by atoms with Gasteiger partial charge in [-0.1, -0.05) is 36.4 Å². The van der Waals surface area contributed by atoms with Gasteiger partial charge < -0.3 is 10.6 Å². The van der Waals surface area contributed by atoms with Crippen molar-refractivity contribution < 1.29 is 4.79 Å². The quantitative estimate of drug-likeness (QED) is 0.779. The Labute approximate surface area is 168 Å². The first kappa shape index (κ1) is 22.4. The summed E-state index contributed by atoms with van der Waals surface area (Å²) in [5.74, 6) is 0.789. The summed E-state index contributed by atoms with van der Waals surface area (Å²) in [5, 5.41) is 6.56. The Morgan fingerprint density at radius 1 is 1.08 bits per heavy atom. The molecule has 0 bridgehead atoms. The molecule has 2 heterocycles. The van der Waals surface area contributed by atoms with Gasteiger partial charge in [-0.3, -0.25) is 9.78 Å². The van der Waals surface area contributed by atoms with Crippen LogP contribution in [0.25, 0.3) is 0 Å². The Balaban J connectivity index is 0.00000169. The van der Waals surface area contributed by atoms with Crippen LogP contribution in [0.2, 0.25) is 0 Å². The zero-order chi connectivity index (χ0) is 16.6. The van der Waals surface area contributed by atoms with E-state index in [0.29, 0.717) is 12.3 Å². The van der Waals surface area contributed by atoms with Crippen LogP contribution in [-0.2, 0) is 4.79 Å². The van der Waals surface area contributed by atoms with Crippen molar-refractivity contribution in [1.29, 1.82) is 0 Å². The van der Waals surface area contributed by atoms with E-state index in [1.54, 1.807) is 6.20 Å². The number of halogens is 2. The molecule has 26 heavy (non-hydrogen) atoms. The van der Waals surface area contributed by atoms with Crippen molar-refractivity contribution >= 4 is 30.7 Å². The molecule has 3 rings (SSSR count). The van der Waals surface area contributed by atoms with Crippen molar-refractivity contribution in [3.63, 3.8) is 0 Å². The number of pyridine rings is 1. The van der Waals surface area contributed by atoms with Crippen molar-refractivity contribution in [2.45, 2.75) is 31.7 Å². The fraction of sp³-hybridized carbons (Fsp3) is 0.400. The Morgan fingerprint density at radius 3 is 2.42 bits per heavy atom. The number of rotatable bonds is 6. The highest BCUT2D eigenvalue weighted by Gasteiger charge is 2.19. The summed E-state index contributed by atoms with van der Waals surface area (Å²) >= 11 is 0. The van der Waals surface area contributed by atoms with Gasteiger partial charge in [0, 0.05) is 18.8 Å². The first-order valence-electron chi connectivity index (χ1n) is 8.78. The number of piperidine rings is 1. The van der Waals surface area contributed by atoms with Crippen LogP contribution in [0.1, 0.15) is 42.9 Å². The number of carbonyl (C=O) groups is 1. The van der Waals surface area contributed by atoms with E-state index < -0.39 is 0 Å². The maximum Gasteiger partial charge on any atom is 0.220 e. The van der Waals surface area contributed by atoms with Gasteiger partial charge in [-0.2, -0.15) is 0 Å². The second-order valence-electron chi connectivity index (χ2n) is 6.43. The van der Waals surface area contributed by atoms with Gasteiger partial charge in [-0.15, -0.1) is 24.8 Å². The zero-order valence-electron chi connectivity index (χ0n) is 14.8. The minimum absolute atomic E-state index is 0. The van der Waals surface area contributed by atoms with Crippen molar-refractivity contribution in [3.8, 4) is 0 Å². The summed E-state index contributed by atoms with van der Waals surface area (Å²) in [6.45, 7) is 2.16. The highest BCUT2D eigenvalue weighted by molar-refractivity contribution is 5.85. The number of aromatic nitrogens is 1. The van der Waals surface area contributed by atoms with E-state index in [-0.39, 0.29) is 36.8 Å². The lowest BCUT2D eigenvalue weighted by Crippen LogP contribution is -2.31. The smallest absolute Gasteiger partial charge is 0.220 e. The second kappa shape index (κ2) is 11.9. The van der Waals surface area contributed by atoms with E-state index in [9.17, 15) is 4.79 Å².